The monoisotopic (exact) mass is 226 g/mol. The van der Waals surface area contributed by atoms with Gasteiger partial charge < -0.3 is 10.2 Å². The SMILES string of the molecule is CCN(CC(C)C)CC1NCCCC1(C)C. The second-order valence-electron chi connectivity index (χ2n) is 6.34. The van der Waals surface area contributed by atoms with Gasteiger partial charge in [0.15, 0.2) is 0 Å². The van der Waals surface area contributed by atoms with Crippen LogP contribution in [0.25, 0.3) is 0 Å². The quantitative estimate of drug-likeness (QED) is 0.775. The van der Waals surface area contributed by atoms with Crippen LogP contribution in [0, 0.1) is 11.3 Å². The summed E-state index contributed by atoms with van der Waals surface area (Å²) in [5, 5.41) is 3.71. The first-order chi connectivity index (χ1) is 7.45. The largest absolute Gasteiger partial charge is 0.312 e. The van der Waals surface area contributed by atoms with E-state index >= 15 is 0 Å². The van der Waals surface area contributed by atoms with Gasteiger partial charge in [-0.05, 0) is 37.3 Å². The molecule has 96 valence electrons. The third-order valence-electron chi connectivity index (χ3n) is 3.84. The molecule has 1 unspecified atom stereocenters. The molecule has 1 heterocycles. The topological polar surface area (TPSA) is 15.3 Å². The van der Waals surface area contributed by atoms with Crippen molar-refractivity contribution in [1.82, 2.24) is 10.2 Å². The Labute approximate surface area is 102 Å². The average Bonchev–Trinajstić information content (AvgIpc) is 2.19. The van der Waals surface area contributed by atoms with Crippen molar-refractivity contribution in [2.24, 2.45) is 11.3 Å². The normalized spacial score (nSPS) is 25.3. The van der Waals surface area contributed by atoms with Gasteiger partial charge in [-0.2, -0.15) is 0 Å². The zero-order valence-corrected chi connectivity index (χ0v) is 11.8. The van der Waals surface area contributed by atoms with E-state index in [2.05, 4.69) is 44.8 Å². The molecule has 1 atom stereocenters. The molecular weight excluding hydrogens is 196 g/mol. The van der Waals surface area contributed by atoms with Crippen LogP contribution in [0.2, 0.25) is 0 Å². The third-order valence-corrected chi connectivity index (χ3v) is 3.84. The zero-order valence-electron chi connectivity index (χ0n) is 11.8. The van der Waals surface area contributed by atoms with Crippen LogP contribution < -0.4 is 5.32 Å². The molecule has 0 radical (unpaired) electrons. The maximum atomic E-state index is 3.71. The fourth-order valence-electron chi connectivity index (χ4n) is 2.69. The van der Waals surface area contributed by atoms with E-state index < -0.39 is 0 Å². The highest BCUT2D eigenvalue weighted by molar-refractivity contribution is 4.90. The van der Waals surface area contributed by atoms with E-state index in [1.807, 2.05) is 0 Å². The zero-order chi connectivity index (χ0) is 12.2. The number of hydrogen-bond donors (Lipinski definition) is 1. The summed E-state index contributed by atoms with van der Waals surface area (Å²) in [5.41, 5.74) is 0.461. The molecule has 2 nitrogen and oxygen atoms in total. The number of hydrogen-bond acceptors (Lipinski definition) is 2. The van der Waals surface area contributed by atoms with Gasteiger partial charge in [-0.25, -0.2) is 0 Å². The molecule has 2 heteroatoms. The maximum absolute atomic E-state index is 3.71. The Balaban J connectivity index is 2.49. The van der Waals surface area contributed by atoms with Crippen LogP contribution in [-0.4, -0.2) is 37.1 Å². The van der Waals surface area contributed by atoms with E-state index in [4.69, 9.17) is 0 Å². The van der Waals surface area contributed by atoms with Crippen molar-refractivity contribution in [2.45, 2.75) is 53.5 Å². The number of nitrogens with zero attached hydrogens (tertiary/aromatic N) is 1. The first-order valence-electron chi connectivity index (χ1n) is 6.91. The molecule has 1 aliphatic rings. The average molecular weight is 226 g/mol. The van der Waals surface area contributed by atoms with E-state index in [1.54, 1.807) is 0 Å². The van der Waals surface area contributed by atoms with E-state index in [9.17, 15) is 0 Å². The Hall–Kier alpha value is -0.0800. The Bertz CT molecular complexity index is 199. The van der Waals surface area contributed by atoms with Crippen LogP contribution in [0.4, 0.5) is 0 Å². The maximum Gasteiger partial charge on any atom is 0.0246 e. The summed E-state index contributed by atoms with van der Waals surface area (Å²) in [6, 6.07) is 0.667. The highest BCUT2D eigenvalue weighted by atomic mass is 15.2. The number of rotatable bonds is 5. The molecule has 16 heavy (non-hydrogen) atoms. The minimum absolute atomic E-state index is 0.461. The lowest BCUT2D eigenvalue weighted by molar-refractivity contribution is 0.122. The molecule has 0 aromatic carbocycles. The van der Waals surface area contributed by atoms with Crippen LogP contribution in [0.1, 0.15) is 47.5 Å². The predicted octanol–water partition coefficient (Wildman–Crippen LogP) is 2.74. The lowest BCUT2D eigenvalue weighted by Crippen LogP contribution is -2.53. The Morgan fingerprint density at radius 3 is 2.56 bits per heavy atom. The summed E-state index contributed by atoms with van der Waals surface area (Å²) in [6.45, 7) is 16.5. The van der Waals surface area contributed by atoms with Gasteiger partial charge in [0, 0.05) is 19.1 Å². The van der Waals surface area contributed by atoms with Gasteiger partial charge in [-0.15, -0.1) is 0 Å². The first kappa shape index (κ1) is 14.0. The van der Waals surface area contributed by atoms with Crippen LogP contribution in [-0.2, 0) is 0 Å². The molecule has 0 saturated carbocycles. The van der Waals surface area contributed by atoms with Crippen molar-refractivity contribution >= 4 is 0 Å². The lowest BCUT2D eigenvalue weighted by atomic mass is 9.77. The molecule has 1 N–H and O–H groups in total. The highest BCUT2D eigenvalue weighted by Crippen LogP contribution is 2.30. The molecule has 0 amide bonds. The van der Waals surface area contributed by atoms with Crippen LogP contribution in [0.15, 0.2) is 0 Å². The van der Waals surface area contributed by atoms with Crippen LogP contribution >= 0.6 is 0 Å². The first-order valence-corrected chi connectivity index (χ1v) is 6.91. The fourth-order valence-corrected chi connectivity index (χ4v) is 2.69. The van der Waals surface area contributed by atoms with Gasteiger partial charge in [0.1, 0.15) is 0 Å². The van der Waals surface area contributed by atoms with Crippen LogP contribution in [0.3, 0.4) is 0 Å². The molecule has 1 fully saturated rings. The molecule has 0 aromatic rings. The second kappa shape index (κ2) is 6.02. The Kier molecular flexibility index (Phi) is 5.26. The number of nitrogens with one attached hydrogen (secondary N) is 1. The molecule has 0 aliphatic carbocycles. The van der Waals surface area contributed by atoms with Crippen LogP contribution in [0.5, 0.6) is 0 Å². The number of piperidine rings is 1. The van der Waals surface area contributed by atoms with Crippen molar-refractivity contribution in [2.75, 3.05) is 26.2 Å². The van der Waals surface area contributed by atoms with Gasteiger partial charge in [0.2, 0.25) is 0 Å². The molecular formula is C14H30N2. The van der Waals surface area contributed by atoms with Gasteiger partial charge in [0.25, 0.3) is 0 Å². The van der Waals surface area contributed by atoms with Gasteiger partial charge in [-0.3, -0.25) is 0 Å². The predicted molar refractivity (Wildman–Crippen MR) is 71.8 cm³/mol. The minimum Gasteiger partial charge on any atom is -0.312 e. The molecule has 0 spiro atoms. The molecule has 1 saturated heterocycles. The van der Waals surface area contributed by atoms with E-state index in [0.717, 1.165) is 5.92 Å². The van der Waals surface area contributed by atoms with Gasteiger partial charge in [-0.1, -0.05) is 34.6 Å². The summed E-state index contributed by atoms with van der Waals surface area (Å²) in [6.07, 6.45) is 2.70. The van der Waals surface area contributed by atoms with E-state index in [-0.39, 0.29) is 0 Å². The Morgan fingerprint density at radius 1 is 1.38 bits per heavy atom. The van der Waals surface area contributed by atoms with Crippen molar-refractivity contribution in [3.63, 3.8) is 0 Å². The summed E-state index contributed by atoms with van der Waals surface area (Å²) in [5.74, 6) is 0.770. The molecule has 1 rings (SSSR count). The third kappa shape index (κ3) is 4.06. The fraction of sp³-hybridized carbons (Fsp3) is 1.00. The highest BCUT2D eigenvalue weighted by Gasteiger charge is 2.32. The van der Waals surface area contributed by atoms with Crippen molar-refractivity contribution in [3.8, 4) is 0 Å². The lowest BCUT2D eigenvalue weighted by Gasteiger charge is -2.42. The number of likely N-dealkylation sites (N-methyl/N-ethyl adjacent to an activating group) is 1. The summed E-state index contributed by atoms with van der Waals surface area (Å²) >= 11 is 0. The molecule has 0 bridgehead atoms. The summed E-state index contributed by atoms with van der Waals surface area (Å²) in [4.78, 5) is 2.59. The summed E-state index contributed by atoms with van der Waals surface area (Å²) < 4.78 is 0. The van der Waals surface area contributed by atoms with E-state index in [0.29, 0.717) is 11.5 Å². The second-order valence-corrected chi connectivity index (χ2v) is 6.34. The van der Waals surface area contributed by atoms with Gasteiger partial charge in [0.05, 0.1) is 0 Å². The Morgan fingerprint density at radius 2 is 2.06 bits per heavy atom. The molecule has 1 aliphatic heterocycles. The minimum atomic E-state index is 0.461. The van der Waals surface area contributed by atoms with E-state index in [1.165, 1.54) is 39.0 Å². The molecule has 0 aromatic heterocycles. The van der Waals surface area contributed by atoms with Gasteiger partial charge >= 0.3 is 0 Å². The van der Waals surface area contributed by atoms with Crippen molar-refractivity contribution in [1.29, 1.82) is 0 Å². The van der Waals surface area contributed by atoms with Crippen molar-refractivity contribution < 1.29 is 0 Å². The van der Waals surface area contributed by atoms with Crippen molar-refractivity contribution in [3.05, 3.63) is 0 Å². The summed E-state index contributed by atoms with van der Waals surface area (Å²) in [7, 11) is 0. The smallest absolute Gasteiger partial charge is 0.0246 e. The standard InChI is InChI=1S/C14H30N2/c1-6-16(10-12(2)3)11-13-14(4,5)8-7-9-15-13/h12-13,15H,6-11H2,1-5H3.